The van der Waals surface area contributed by atoms with Gasteiger partial charge in [-0.2, -0.15) is 5.10 Å². The van der Waals surface area contributed by atoms with E-state index in [0.29, 0.717) is 51.2 Å². The van der Waals surface area contributed by atoms with Gasteiger partial charge in [0, 0.05) is 33.6 Å². The van der Waals surface area contributed by atoms with Crippen molar-refractivity contribution in [2.45, 2.75) is 33.6 Å². The molecule has 0 unspecified atom stereocenters. The first-order valence-corrected chi connectivity index (χ1v) is 11.4. The van der Waals surface area contributed by atoms with Crippen molar-refractivity contribution in [2.75, 3.05) is 0 Å². The fraction of sp³-hybridized carbons (Fsp3) is 0.273. The summed E-state index contributed by atoms with van der Waals surface area (Å²) in [4.78, 5) is 28.7. The summed E-state index contributed by atoms with van der Waals surface area (Å²) < 4.78 is 13.1. The maximum atomic E-state index is 13.2. The van der Waals surface area contributed by atoms with Crippen LogP contribution in [0.1, 0.15) is 47.7 Å². The Hall–Kier alpha value is -2.72. The molecule has 1 aliphatic carbocycles. The van der Waals surface area contributed by atoms with E-state index in [-0.39, 0.29) is 11.2 Å². The number of rotatable bonds is 3. The number of aromatic nitrogens is 1. The van der Waals surface area contributed by atoms with E-state index in [0.717, 1.165) is 9.86 Å². The standard InChI is InChI=1S/C22H20Br2N4O4/c1-10-16-14(27-28-21(25)30)8-22(2,3)9-15(16)31-18(10)20(29)32-19-13(24)7-12(23)11-5-4-6-26-17(11)19/h4-7H,8-9H2,1-3H3,(H3,25,28,30)/b27-14-. The van der Waals surface area contributed by atoms with E-state index in [2.05, 4.69) is 61.2 Å². The zero-order chi connectivity index (χ0) is 23.2. The van der Waals surface area contributed by atoms with Crippen LogP contribution in [0.15, 0.2) is 42.9 Å². The van der Waals surface area contributed by atoms with Gasteiger partial charge >= 0.3 is 12.0 Å². The zero-order valence-electron chi connectivity index (χ0n) is 17.6. The quantitative estimate of drug-likeness (QED) is 0.257. The maximum Gasteiger partial charge on any atom is 0.380 e. The van der Waals surface area contributed by atoms with Gasteiger partial charge in [-0.25, -0.2) is 15.0 Å². The first kappa shape index (κ1) is 22.5. The molecule has 0 saturated heterocycles. The molecule has 4 rings (SSSR count). The van der Waals surface area contributed by atoms with Crippen LogP contribution < -0.4 is 15.9 Å². The molecule has 0 saturated carbocycles. The number of carbonyl (C=O) groups excluding carboxylic acids is 2. The molecule has 0 radical (unpaired) electrons. The summed E-state index contributed by atoms with van der Waals surface area (Å²) in [5.41, 5.74) is 9.71. The number of esters is 1. The minimum absolute atomic E-state index is 0.0818. The second kappa shape index (κ2) is 8.32. The van der Waals surface area contributed by atoms with Crippen LogP contribution in [0.4, 0.5) is 4.79 Å². The number of primary amides is 1. The van der Waals surface area contributed by atoms with Crippen LogP contribution in [0.25, 0.3) is 10.9 Å². The van der Waals surface area contributed by atoms with Crippen LogP contribution in [0, 0.1) is 12.3 Å². The van der Waals surface area contributed by atoms with Gasteiger partial charge in [0.1, 0.15) is 11.3 Å². The third-order valence-corrected chi connectivity index (χ3v) is 6.47. The first-order valence-electron chi connectivity index (χ1n) is 9.77. The summed E-state index contributed by atoms with van der Waals surface area (Å²) >= 11 is 6.96. The summed E-state index contributed by atoms with van der Waals surface area (Å²) in [5, 5.41) is 4.97. The second-order valence-corrected chi connectivity index (χ2v) is 10.1. The molecule has 2 aromatic heterocycles. The molecule has 0 fully saturated rings. The highest BCUT2D eigenvalue weighted by Gasteiger charge is 2.37. The van der Waals surface area contributed by atoms with Gasteiger partial charge in [-0.1, -0.05) is 35.8 Å². The van der Waals surface area contributed by atoms with Crippen molar-refractivity contribution in [3.05, 3.63) is 56.0 Å². The fourth-order valence-electron chi connectivity index (χ4n) is 3.91. The van der Waals surface area contributed by atoms with Crippen molar-refractivity contribution in [3.8, 4) is 5.75 Å². The predicted octanol–water partition coefficient (Wildman–Crippen LogP) is 5.23. The largest absolute Gasteiger partial charge is 0.453 e. The molecule has 1 aromatic carbocycles. The number of nitrogens with zero attached hydrogens (tertiary/aromatic N) is 2. The molecule has 2 heterocycles. The molecule has 3 N–H and O–H groups in total. The van der Waals surface area contributed by atoms with Gasteiger partial charge in [-0.15, -0.1) is 0 Å². The molecule has 32 heavy (non-hydrogen) atoms. The third kappa shape index (κ3) is 4.16. The van der Waals surface area contributed by atoms with Crippen LogP contribution in [-0.4, -0.2) is 22.7 Å². The zero-order valence-corrected chi connectivity index (χ0v) is 20.8. The van der Waals surface area contributed by atoms with E-state index in [4.69, 9.17) is 14.9 Å². The summed E-state index contributed by atoms with van der Waals surface area (Å²) in [7, 11) is 0. The van der Waals surface area contributed by atoms with Gasteiger partial charge in [-0.3, -0.25) is 4.98 Å². The number of benzene rings is 1. The monoisotopic (exact) mass is 562 g/mol. The molecule has 0 atom stereocenters. The lowest BCUT2D eigenvalue weighted by Gasteiger charge is -2.29. The van der Waals surface area contributed by atoms with Crippen molar-refractivity contribution >= 4 is 60.5 Å². The smallest absolute Gasteiger partial charge is 0.380 e. The topological polar surface area (TPSA) is 120 Å². The van der Waals surface area contributed by atoms with Gasteiger partial charge in [0.05, 0.1) is 10.2 Å². The Kier molecular flexibility index (Phi) is 5.85. The van der Waals surface area contributed by atoms with Crippen LogP contribution >= 0.6 is 31.9 Å². The number of fused-ring (bicyclic) bond motifs is 2. The number of halogens is 2. The number of ether oxygens (including phenoxy) is 1. The van der Waals surface area contributed by atoms with Gasteiger partial charge in [0.15, 0.2) is 5.75 Å². The molecule has 8 nitrogen and oxygen atoms in total. The highest BCUT2D eigenvalue weighted by atomic mass is 79.9. The Morgan fingerprint density at radius 2 is 2.03 bits per heavy atom. The fourth-order valence-corrected chi connectivity index (χ4v) is 5.26. The van der Waals surface area contributed by atoms with Crippen LogP contribution in [0.2, 0.25) is 0 Å². The van der Waals surface area contributed by atoms with E-state index >= 15 is 0 Å². The Morgan fingerprint density at radius 1 is 1.28 bits per heavy atom. The van der Waals surface area contributed by atoms with Gasteiger partial charge in [0.25, 0.3) is 0 Å². The predicted molar refractivity (Wildman–Crippen MR) is 127 cm³/mol. The van der Waals surface area contributed by atoms with Crippen molar-refractivity contribution in [3.63, 3.8) is 0 Å². The Balaban J connectivity index is 1.75. The van der Waals surface area contributed by atoms with Gasteiger partial charge in [-0.05, 0) is 46.8 Å². The molecule has 10 heteroatoms. The summed E-state index contributed by atoms with van der Waals surface area (Å²) in [6, 6.07) is 4.72. The van der Waals surface area contributed by atoms with E-state index in [1.165, 1.54) is 0 Å². The number of hydrogen-bond acceptors (Lipinski definition) is 6. The number of pyridine rings is 1. The van der Waals surface area contributed by atoms with Crippen molar-refractivity contribution in [1.82, 2.24) is 10.4 Å². The Morgan fingerprint density at radius 3 is 2.75 bits per heavy atom. The number of hydrazone groups is 1. The Labute approximate surface area is 200 Å². The molecular formula is C22H20Br2N4O4. The molecule has 166 valence electrons. The van der Waals surface area contributed by atoms with E-state index in [1.54, 1.807) is 25.3 Å². The average Bonchev–Trinajstić information content (AvgIpc) is 3.04. The van der Waals surface area contributed by atoms with Crippen molar-refractivity contribution < 1.29 is 18.7 Å². The van der Waals surface area contributed by atoms with Gasteiger partial charge < -0.3 is 14.9 Å². The van der Waals surface area contributed by atoms with Crippen molar-refractivity contribution in [1.29, 1.82) is 0 Å². The van der Waals surface area contributed by atoms with Crippen LogP contribution in [0.5, 0.6) is 5.75 Å². The molecule has 0 aliphatic heterocycles. The van der Waals surface area contributed by atoms with Crippen LogP contribution in [0.3, 0.4) is 0 Å². The van der Waals surface area contributed by atoms with E-state index in [9.17, 15) is 9.59 Å². The highest BCUT2D eigenvalue weighted by Crippen LogP contribution is 2.40. The minimum atomic E-state index is -0.761. The minimum Gasteiger partial charge on any atom is -0.453 e. The highest BCUT2D eigenvalue weighted by molar-refractivity contribution is 9.11. The molecule has 0 bridgehead atoms. The number of urea groups is 1. The number of furan rings is 1. The van der Waals surface area contributed by atoms with Crippen molar-refractivity contribution in [2.24, 2.45) is 16.3 Å². The third-order valence-electron chi connectivity index (χ3n) is 5.23. The molecular weight excluding hydrogens is 544 g/mol. The number of nitrogens with two attached hydrogens (primary N) is 1. The second-order valence-electron chi connectivity index (χ2n) is 8.37. The summed E-state index contributed by atoms with van der Waals surface area (Å²) in [6.45, 7) is 5.88. The first-order chi connectivity index (χ1) is 15.1. The van der Waals surface area contributed by atoms with E-state index < -0.39 is 12.0 Å². The lowest BCUT2D eigenvalue weighted by molar-refractivity contribution is 0.0698. The SMILES string of the molecule is Cc1c(C(=O)Oc2c(Br)cc(Br)c3cccnc23)oc2c1/C(=N\NC(N)=O)CC(C)(C)C2. The number of nitrogens with one attached hydrogen (secondary N) is 1. The lowest BCUT2D eigenvalue weighted by Crippen LogP contribution is -2.31. The molecule has 2 amide bonds. The normalized spacial score (nSPS) is 16.1. The molecule has 0 spiro atoms. The molecule has 3 aromatic rings. The Bertz CT molecular complexity index is 1300. The summed E-state index contributed by atoms with van der Waals surface area (Å²) in [6.07, 6.45) is 2.83. The summed E-state index contributed by atoms with van der Waals surface area (Å²) in [5.74, 6) is 0.353. The number of carbonyl (C=O) groups is 2. The van der Waals surface area contributed by atoms with E-state index in [1.807, 2.05) is 6.07 Å². The molecule has 1 aliphatic rings. The average molecular weight is 564 g/mol. The maximum absolute atomic E-state index is 13.2. The number of amides is 2. The lowest BCUT2D eigenvalue weighted by atomic mass is 9.75. The number of hydrogen-bond donors (Lipinski definition) is 2. The van der Waals surface area contributed by atoms with Crippen LogP contribution in [-0.2, 0) is 6.42 Å². The van der Waals surface area contributed by atoms with Gasteiger partial charge in [0.2, 0.25) is 5.76 Å².